The van der Waals surface area contributed by atoms with Crippen LogP contribution in [0, 0.1) is 11.7 Å². The highest BCUT2D eigenvalue weighted by atomic mass is 19.1. The topological polar surface area (TPSA) is 67.6 Å². The molecular weight excluding hydrogens is 273 g/mol. The molecule has 0 saturated carbocycles. The Hall–Kier alpha value is -1.98. The first-order chi connectivity index (χ1) is 9.76. The van der Waals surface area contributed by atoms with Gasteiger partial charge >= 0.3 is 0 Å². The summed E-state index contributed by atoms with van der Waals surface area (Å²) in [6.07, 6.45) is -0.133. The van der Waals surface area contributed by atoms with Gasteiger partial charge in [0.25, 0.3) is 0 Å². The highest BCUT2D eigenvalue weighted by molar-refractivity contribution is 5.79. The van der Waals surface area contributed by atoms with Gasteiger partial charge in [-0.1, -0.05) is 6.92 Å². The first kappa shape index (κ1) is 17.1. The second-order valence-electron chi connectivity index (χ2n) is 5.40. The fourth-order valence-electron chi connectivity index (χ4n) is 2.07. The van der Waals surface area contributed by atoms with E-state index in [4.69, 9.17) is 10.5 Å². The third kappa shape index (κ3) is 4.51. The molecule has 0 aromatic heterocycles. The number of nitrogen functional groups attached to an aromatic ring is 1. The minimum Gasteiger partial charge on any atom is -0.488 e. The van der Waals surface area contributed by atoms with Gasteiger partial charge in [0.1, 0.15) is 0 Å². The standard InChI is InChI=1S/C15H24FN3O2/c1-9(2)21-14-7-13(12(17)6-11(14)16)19(5)8-10(3)15(20)18-4/h6-7,9-10H,8,17H2,1-5H3,(H,18,20). The molecule has 21 heavy (non-hydrogen) atoms. The van der Waals surface area contributed by atoms with Crippen molar-refractivity contribution in [1.29, 1.82) is 0 Å². The Bertz CT molecular complexity index is 506. The predicted octanol–water partition coefficient (Wildman–Crippen LogP) is 2.01. The average molecular weight is 297 g/mol. The van der Waals surface area contributed by atoms with Gasteiger partial charge in [-0.3, -0.25) is 4.79 Å². The maximum absolute atomic E-state index is 13.8. The smallest absolute Gasteiger partial charge is 0.224 e. The SMILES string of the molecule is CNC(=O)C(C)CN(C)c1cc(OC(C)C)c(F)cc1N. The number of anilines is 2. The Morgan fingerprint density at radius 1 is 1.43 bits per heavy atom. The molecule has 1 aromatic carbocycles. The lowest BCUT2D eigenvalue weighted by atomic mass is 10.1. The number of benzene rings is 1. The van der Waals surface area contributed by atoms with Crippen LogP contribution < -0.4 is 20.7 Å². The normalized spacial score (nSPS) is 12.1. The van der Waals surface area contributed by atoms with Crippen molar-refractivity contribution in [3.8, 4) is 5.75 Å². The third-order valence-electron chi connectivity index (χ3n) is 3.10. The maximum Gasteiger partial charge on any atom is 0.224 e. The van der Waals surface area contributed by atoms with Crippen molar-refractivity contribution in [2.45, 2.75) is 26.9 Å². The minimum atomic E-state index is -0.488. The molecule has 6 heteroatoms. The van der Waals surface area contributed by atoms with Crippen molar-refractivity contribution in [1.82, 2.24) is 5.32 Å². The molecule has 3 N–H and O–H groups in total. The van der Waals surface area contributed by atoms with Gasteiger partial charge in [0, 0.05) is 32.8 Å². The molecule has 0 spiro atoms. The number of nitrogens with one attached hydrogen (secondary N) is 1. The highest BCUT2D eigenvalue weighted by Gasteiger charge is 2.18. The van der Waals surface area contributed by atoms with Gasteiger partial charge in [-0.05, 0) is 13.8 Å². The maximum atomic E-state index is 13.8. The zero-order valence-corrected chi connectivity index (χ0v) is 13.2. The molecule has 0 fully saturated rings. The van der Waals surface area contributed by atoms with Crippen molar-refractivity contribution in [2.75, 3.05) is 31.3 Å². The largest absolute Gasteiger partial charge is 0.488 e. The minimum absolute atomic E-state index is 0.0545. The summed E-state index contributed by atoms with van der Waals surface area (Å²) in [5.41, 5.74) is 6.83. The van der Waals surface area contributed by atoms with E-state index in [9.17, 15) is 9.18 Å². The van der Waals surface area contributed by atoms with Gasteiger partial charge in [0.15, 0.2) is 11.6 Å². The summed E-state index contributed by atoms with van der Waals surface area (Å²) in [4.78, 5) is 13.4. The number of halogens is 1. The van der Waals surface area contributed by atoms with Crippen LogP contribution in [0.4, 0.5) is 15.8 Å². The molecule has 118 valence electrons. The van der Waals surface area contributed by atoms with Crippen molar-refractivity contribution in [3.63, 3.8) is 0 Å². The van der Waals surface area contributed by atoms with Gasteiger partial charge in [0.05, 0.1) is 23.4 Å². The summed E-state index contributed by atoms with van der Waals surface area (Å²) in [7, 11) is 3.40. The summed E-state index contributed by atoms with van der Waals surface area (Å²) in [5.74, 6) is -0.591. The van der Waals surface area contributed by atoms with Crippen molar-refractivity contribution >= 4 is 17.3 Å². The van der Waals surface area contributed by atoms with Gasteiger partial charge in [-0.2, -0.15) is 0 Å². The summed E-state index contributed by atoms with van der Waals surface area (Å²) >= 11 is 0. The lowest BCUT2D eigenvalue weighted by Gasteiger charge is -2.25. The van der Waals surface area contributed by atoms with E-state index in [0.717, 1.165) is 0 Å². The number of nitrogens with two attached hydrogens (primary N) is 1. The number of hydrogen-bond donors (Lipinski definition) is 2. The van der Waals surface area contributed by atoms with Crippen LogP contribution in [0.5, 0.6) is 5.75 Å². The van der Waals surface area contributed by atoms with Crippen molar-refractivity contribution in [2.24, 2.45) is 5.92 Å². The molecule has 0 bridgehead atoms. The molecule has 1 atom stereocenters. The van der Waals surface area contributed by atoms with Crippen LogP contribution in [-0.4, -0.2) is 32.7 Å². The molecule has 0 heterocycles. The third-order valence-corrected chi connectivity index (χ3v) is 3.10. The van der Waals surface area contributed by atoms with E-state index in [1.54, 1.807) is 13.1 Å². The molecule has 0 radical (unpaired) electrons. The summed E-state index contributed by atoms with van der Waals surface area (Å²) in [6, 6.07) is 2.81. The summed E-state index contributed by atoms with van der Waals surface area (Å²) in [5, 5.41) is 2.60. The molecule has 0 aliphatic rings. The second-order valence-corrected chi connectivity index (χ2v) is 5.40. The van der Waals surface area contributed by atoms with Crippen LogP contribution >= 0.6 is 0 Å². The molecule has 0 saturated heterocycles. The second kappa shape index (κ2) is 7.15. The first-order valence-corrected chi connectivity index (χ1v) is 6.94. The number of carbonyl (C=O) groups is 1. The predicted molar refractivity (Wildman–Crippen MR) is 83.1 cm³/mol. The molecular formula is C15H24FN3O2. The van der Waals surface area contributed by atoms with E-state index >= 15 is 0 Å². The van der Waals surface area contributed by atoms with Crippen LogP contribution in [0.2, 0.25) is 0 Å². The van der Waals surface area contributed by atoms with E-state index in [2.05, 4.69) is 5.32 Å². The Morgan fingerprint density at radius 2 is 2.05 bits per heavy atom. The van der Waals surface area contributed by atoms with Crippen LogP contribution in [0.15, 0.2) is 12.1 Å². The van der Waals surface area contributed by atoms with E-state index in [1.165, 1.54) is 6.07 Å². The average Bonchev–Trinajstić information content (AvgIpc) is 2.40. The zero-order chi connectivity index (χ0) is 16.2. The van der Waals surface area contributed by atoms with Crippen LogP contribution in [0.25, 0.3) is 0 Å². The Kier molecular flexibility index (Phi) is 5.81. The molecule has 1 unspecified atom stereocenters. The van der Waals surface area contributed by atoms with Crippen LogP contribution in [0.3, 0.4) is 0 Å². The molecule has 1 aromatic rings. The van der Waals surface area contributed by atoms with Gasteiger partial charge < -0.3 is 20.7 Å². The molecule has 0 aliphatic heterocycles. The fourth-order valence-corrected chi connectivity index (χ4v) is 2.07. The number of nitrogens with zero attached hydrogens (tertiary/aromatic N) is 1. The van der Waals surface area contributed by atoms with E-state index in [1.807, 2.05) is 32.7 Å². The number of carbonyl (C=O) groups excluding carboxylic acids is 1. The fraction of sp³-hybridized carbons (Fsp3) is 0.533. The number of ether oxygens (including phenoxy) is 1. The Labute approximate surface area is 125 Å². The number of hydrogen-bond acceptors (Lipinski definition) is 4. The van der Waals surface area contributed by atoms with Crippen LogP contribution in [-0.2, 0) is 4.79 Å². The van der Waals surface area contributed by atoms with E-state index in [0.29, 0.717) is 17.9 Å². The summed E-state index contributed by atoms with van der Waals surface area (Å²) in [6.45, 7) is 5.94. The molecule has 1 rings (SSSR count). The molecule has 0 aliphatic carbocycles. The van der Waals surface area contributed by atoms with E-state index < -0.39 is 5.82 Å². The monoisotopic (exact) mass is 297 g/mol. The van der Waals surface area contributed by atoms with E-state index in [-0.39, 0.29) is 23.7 Å². The van der Waals surface area contributed by atoms with Crippen molar-refractivity contribution < 1.29 is 13.9 Å². The first-order valence-electron chi connectivity index (χ1n) is 6.94. The Morgan fingerprint density at radius 3 is 2.57 bits per heavy atom. The lowest BCUT2D eigenvalue weighted by molar-refractivity contribution is -0.123. The van der Waals surface area contributed by atoms with Crippen LogP contribution in [0.1, 0.15) is 20.8 Å². The zero-order valence-electron chi connectivity index (χ0n) is 13.2. The van der Waals surface area contributed by atoms with Crippen molar-refractivity contribution in [3.05, 3.63) is 17.9 Å². The number of amides is 1. The lowest BCUT2D eigenvalue weighted by Crippen LogP contribution is -2.34. The quantitative estimate of drug-likeness (QED) is 0.788. The number of rotatable bonds is 6. The highest BCUT2D eigenvalue weighted by Crippen LogP contribution is 2.31. The van der Waals surface area contributed by atoms with Gasteiger partial charge in [0.2, 0.25) is 5.91 Å². The summed E-state index contributed by atoms with van der Waals surface area (Å²) < 4.78 is 19.2. The molecule has 5 nitrogen and oxygen atoms in total. The van der Waals surface area contributed by atoms with Gasteiger partial charge in [-0.15, -0.1) is 0 Å². The van der Waals surface area contributed by atoms with Gasteiger partial charge in [-0.25, -0.2) is 4.39 Å². The molecule has 1 amide bonds. The Balaban J connectivity index is 2.98.